The highest BCUT2D eigenvalue weighted by Gasteiger charge is 2.21. The van der Waals surface area contributed by atoms with Crippen molar-refractivity contribution in [1.29, 1.82) is 0 Å². The maximum Gasteiger partial charge on any atom is 0.187 e. The number of rotatable bonds is 5. The second kappa shape index (κ2) is 7.45. The zero-order valence-electron chi connectivity index (χ0n) is 14.1. The second-order valence-electron chi connectivity index (χ2n) is 6.58. The molecule has 1 saturated heterocycles. The highest BCUT2D eigenvalue weighted by molar-refractivity contribution is 7.98. The lowest BCUT2D eigenvalue weighted by atomic mass is 9.92. The number of hydrogen-bond acceptors (Lipinski definition) is 6. The van der Waals surface area contributed by atoms with Gasteiger partial charge >= 0.3 is 0 Å². The zero-order chi connectivity index (χ0) is 16.2. The number of thioether (sulfide) groups is 1. The topological polar surface area (TPSA) is 53.9 Å². The minimum Gasteiger partial charge on any atom is -0.368 e. The summed E-state index contributed by atoms with van der Waals surface area (Å²) in [5.41, 5.74) is 0.946. The van der Waals surface area contributed by atoms with E-state index in [1.807, 2.05) is 24.7 Å². The van der Waals surface area contributed by atoms with Crippen molar-refractivity contribution >= 4 is 28.5 Å². The Morgan fingerprint density at radius 3 is 2.78 bits per heavy atom. The SMILES string of the molecule is CSc1ncc2c(NCCN3CC(C)CC(C)C3)nccc2n1. The quantitative estimate of drug-likeness (QED) is 0.671. The normalized spacial score (nSPS) is 22.4. The van der Waals surface area contributed by atoms with Crippen molar-refractivity contribution in [3.8, 4) is 0 Å². The number of anilines is 1. The number of nitrogens with zero attached hydrogens (tertiary/aromatic N) is 4. The van der Waals surface area contributed by atoms with Crippen molar-refractivity contribution in [2.75, 3.05) is 37.8 Å². The third-order valence-electron chi connectivity index (χ3n) is 4.33. The summed E-state index contributed by atoms with van der Waals surface area (Å²) in [6.07, 6.45) is 7.02. The van der Waals surface area contributed by atoms with Crippen LogP contribution in [-0.2, 0) is 0 Å². The Morgan fingerprint density at radius 1 is 1.26 bits per heavy atom. The molecular formula is C17H25N5S. The molecule has 5 nitrogen and oxygen atoms in total. The van der Waals surface area contributed by atoms with Crippen LogP contribution in [0.25, 0.3) is 10.9 Å². The number of nitrogens with one attached hydrogen (secondary N) is 1. The van der Waals surface area contributed by atoms with E-state index in [0.29, 0.717) is 0 Å². The number of hydrogen-bond donors (Lipinski definition) is 1. The number of aromatic nitrogens is 3. The largest absolute Gasteiger partial charge is 0.368 e. The fourth-order valence-electron chi connectivity index (χ4n) is 3.49. The smallest absolute Gasteiger partial charge is 0.187 e. The van der Waals surface area contributed by atoms with Crippen LogP contribution in [-0.4, -0.2) is 52.3 Å². The van der Waals surface area contributed by atoms with E-state index >= 15 is 0 Å². The van der Waals surface area contributed by atoms with Crippen LogP contribution in [0.1, 0.15) is 20.3 Å². The maximum atomic E-state index is 4.53. The van der Waals surface area contributed by atoms with E-state index in [2.05, 4.69) is 39.0 Å². The van der Waals surface area contributed by atoms with Gasteiger partial charge in [-0.3, -0.25) is 0 Å². The van der Waals surface area contributed by atoms with Crippen molar-refractivity contribution < 1.29 is 0 Å². The van der Waals surface area contributed by atoms with Gasteiger partial charge in [0.2, 0.25) is 0 Å². The first-order chi connectivity index (χ1) is 11.2. The standard InChI is InChI=1S/C17H25N5S/c1-12-8-13(2)11-22(10-12)7-6-19-16-14-9-20-17(23-3)21-15(14)4-5-18-16/h4-5,9,12-13H,6-8,10-11H2,1-3H3,(H,18,19). The van der Waals surface area contributed by atoms with E-state index < -0.39 is 0 Å². The molecule has 1 N–H and O–H groups in total. The molecule has 0 saturated carbocycles. The molecule has 0 bridgehead atoms. The van der Waals surface area contributed by atoms with Gasteiger partial charge in [0, 0.05) is 38.6 Å². The average molecular weight is 331 g/mol. The molecular weight excluding hydrogens is 306 g/mol. The van der Waals surface area contributed by atoms with E-state index in [1.54, 1.807) is 11.8 Å². The van der Waals surface area contributed by atoms with Gasteiger partial charge in [0.15, 0.2) is 5.16 Å². The molecule has 1 aliphatic heterocycles. The van der Waals surface area contributed by atoms with E-state index in [4.69, 9.17) is 0 Å². The Kier molecular flexibility index (Phi) is 5.33. The van der Waals surface area contributed by atoms with Gasteiger partial charge in [-0.15, -0.1) is 0 Å². The van der Waals surface area contributed by atoms with Crippen LogP contribution in [0, 0.1) is 11.8 Å². The third-order valence-corrected chi connectivity index (χ3v) is 4.90. The first-order valence-electron chi connectivity index (χ1n) is 8.27. The summed E-state index contributed by atoms with van der Waals surface area (Å²) in [7, 11) is 0. The maximum absolute atomic E-state index is 4.53. The molecule has 124 valence electrons. The van der Waals surface area contributed by atoms with Crippen molar-refractivity contribution in [3.63, 3.8) is 0 Å². The van der Waals surface area contributed by atoms with Gasteiger partial charge in [0.05, 0.1) is 10.9 Å². The lowest BCUT2D eigenvalue weighted by Crippen LogP contribution is -2.41. The van der Waals surface area contributed by atoms with Crippen LogP contribution in [0.15, 0.2) is 23.6 Å². The third kappa shape index (κ3) is 4.12. The predicted octanol–water partition coefficient (Wildman–Crippen LogP) is 3.14. The summed E-state index contributed by atoms with van der Waals surface area (Å²) in [4.78, 5) is 15.9. The highest BCUT2D eigenvalue weighted by atomic mass is 32.2. The summed E-state index contributed by atoms with van der Waals surface area (Å²) >= 11 is 1.56. The molecule has 0 amide bonds. The molecule has 3 heterocycles. The fraction of sp³-hybridized carbons (Fsp3) is 0.588. The van der Waals surface area contributed by atoms with Crippen molar-refractivity contribution in [2.45, 2.75) is 25.4 Å². The molecule has 2 unspecified atom stereocenters. The molecule has 6 heteroatoms. The monoisotopic (exact) mass is 331 g/mol. The molecule has 23 heavy (non-hydrogen) atoms. The Labute approximate surface area is 142 Å². The van der Waals surface area contributed by atoms with Crippen LogP contribution < -0.4 is 5.32 Å². The minimum atomic E-state index is 0.797. The van der Waals surface area contributed by atoms with Gasteiger partial charge in [-0.2, -0.15) is 0 Å². The summed E-state index contributed by atoms with van der Waals surface area (Å²) in [6.45, 7) is 9.06. The van der Waals surface area contributed by atoms with E-state index in [9.17, 15) is 0 Å². The van der Waals surface area contributed by atoms with Gasteiger partial charge in [-0.05, 0) is 30.6 Å². The molecule has 2 aromatic rings. The van der Waals surface area contributed by atoms with Gasteiger partial charge in [0.1, 0.15) is 5.82 Å². The first-order valence-corrected chi connectivity index (χ1v) is 9.50. The van der Waals surface area contributed by atoms with Crippen LogP contribution in [0.2, 0.25) is 0 Å². The Morgan fingerprint density at radius 2 is 2.04 bits per heavy atom. The van der Waals surface area contributed by atoms with E-state index in [1.165, 1.54) is 19.5 Å². The summed E-state index contributed by atoms with van der Waals surface area (Å²) in [5, 5.41) is 5.25. The van der Waals surface area contributed by atoms with E-state index in [0.717, 1.165) is 46.8 Å². The zero-order valence-corrected chi connectivity index (χ0v) is 14.9. The fourth-order valence-corrected chi connectivity index (χ4v) is 3.83. The molecule has 0 spiro atoms. The Hall–Kier alpha value is -1.40. The minimum absolute atomic E-state index is 0.797. The number of likely N-dealkylation sites (tertiary alicyclic amines) is 1. The van der Waals surface area contributed by atoms with Crippen LogP contribution >= 0.6 is 11.8 Å². The molecule has 0 radical (unpaired) electrons. The van der Waals surface area contributed by atoms with Crippen LogP contribution in [0.3, 0.4) is 0 Å². The summed E-state index contributed by atoms with van der Waals surface area (Å²) in [6, 6.07) is 1.94. The second-order valence-corrected chi connectivity index (χ2v) is 7.35. The molecule has 0 aromatic carbocycles. The molecule has 3 rings (SSSR count). The van der Waals surface area contributed by atoms with Gasteiger partial charge in [-0.25, -0.2) is 15.0 Å². The van der Waals surface area contributed by atoms with Gasteiger partial charge in [-0.1, -0.05) is 25.6 Å². The lowest BCUT2D eigenvalue weighted by Gasteiger charge is -2.34. The number of pyridine rings is 1. The molecule has 2 aromatic heterocycles. The molecule has 0 aliphatic carbocycles. The summed E-state index contributed by atoms with van der Waals surface area (Å²) < 4.78 is 0. The van der Waals surface area contributed by atoms with Gasteiger partial charge in [0.25, 0.3) is 0 Å². The highest BCUT2D eigenvalue weighted by Crippen LogP contribution is 2.22. The van der Waals surface area contributed by atoms with Crippen LogP contribution in [0.5, 0.6) is 0 Å². The first kappa shape index (κ1) is 16.5. The number of fused-ring (bicyclic) bond motifs is 1. The van der Waals surface area contributed by atoms with E-state index in [-0.39, 0.29) is 0 Å². The van der Waals surface area contributed by atoms with Crippen molar-refractivity contribution in [1.82, 2.24) is 19.9 Å². The Balaban J connectivity index is 1.63. The predicted molar refractivity (Wildman–Crippen MR) is 97.0 cm³/mol. The molecule has 2 atom stereocenters. The summed E-state index contributed by atoms with van der Waals surface area (Å²) in [5.74, 6) is 2.48. The van der Waals surface area contributed by atoms with Crippen molar-refractivity contribution in [2.24, 2.45) is 11.8 Å². The Bertz CT molecular complexity index is 652. The van der Waals surface area contributed by atoms with Crippen molar-refractivity contribution in [3.05, 3.63) is 18.5 Å². The average Bonchev–Trinajstić information content (AvgIpc) is 2.53. The number of piperidine rings is 1. The lowest BCUT2D eigenvalue weighted by molar-refractivity contribution is 0.146. The molecule has 1 fully saturated rings. The molecule has 1 aliphatic rings. The van der Waals surface area contributed by atoms with Gasteiger partial charge < -0.3 is 10.2 Å². The van der Waals surface area contributed by atoms with Crippen LogP contribution in [0.4, 0.5) is 5.82 Å².